The Labute approximate surface area is 142 Å². The monoisotopic (exact) mass is 315 g/mol. The molecule has 128 valence electrons. The van der Waals surface area contributed by atoms with E-state index in [-0.39, 0.29) is 0 Å². The van der Waals surface area contributed by atoms with Crippen molar-refractivity contribution >= 4 is 0 Å². The van der Waals surface area contributed by atoms with Crippen LogP contribution in [0, 0.1) is 0 Å². The molecule has 0 atom stereocenters. The molecule has 3 heteroatoms. The summed E-state index contributed by atoms with van der Waals surface area (Å²) in [5.41, 5.74) is 1.47. The summed E-state index contributed by atoms with van der Waals surface area (Å²) in [6.45, 7) is 11.4. The number of hydrogen-bond acceptors (Lipinski definition) is 3. The highest BCUT2D eigenvalue weighted by molar-refractivity contribution is 5.14. The van der Waals surface area contributed by atoms with Crippen LogP contribution < -0.4 is 0 Å². The molecule has 2 heterocycles. The van der Waals surface area contributed by atoms with Crippen molar-refractivity contribution in [3.05, 3.63) is 35.9 Å². The van der Waals surface area contributed by atoms with Crippen LogP contribution >= 0.6 is 0 Å². The summed E-state index contributed by atoms with van der Waals surface area (Å²) in [4.78, 5) is 7.99. The first kappa shape index (κ1) is 16.9. The van der Waals surface area contributed by atoms with Crippen molar-refractivity contribution in [1.82, 2.24) is 14.7 Å². The molecule has 0 bridgehead atoms. The van der Waals surface area contributed by atoms with E-state index in [1.165, 1.54) is 96.6 Å². The van der Waals surface area contributed by atoms with Gasteiger partial charge in [-0.05, 0) is 37.9 Å². The maximum Gasteiger partial charge on any atom is 0.0110 e. The van der Waals surface area contributed by atoms with E-state index in [0.29, 0.717) is 0 Å². The smallest absolute Gasteiger partial charge is 0.0110 e. The second kappa shape index (κ2) is 9.41. The number of likely N-dealkylation sites (tertiary alicyclic amines) is 1. The van der Waals surface area contributed by atoms with Gasteiger partial charge < -0.3 is 9.80 Å². The zero-order valence-corrected chi connectivity index (χ0v) is 14.6. The molecular weight excluding hydrogens is 282 g/mol. The Kier molecular flexibility index (Phi) is 6.93. The van der Waals surface area contributed by atoms with Crippen molar-refractivity contribution in [3.63, 3.8) is 0 Å². The first-order chi connectivity index (χ1) is 11.4. The lowest BCUT2D eigenvalue weighted by atomic mass is 10.1. The summed E-state index contributed by atoms with van der Waals surface area (Å²) in [5.74, 6) is 0. The third-order valence-corrected chi connectivity index (χ3v) is 5.46. The summed E-state index contributed by atoms with van der Waals surface area (Å²) in [6.07, 6.45) is 6.89. The van der Waals surface area contributed by atoms with Crippen molar-refractivity contribution in [2.75, 3.05) is 58.9 Å². The molecule has 23 heavy (non-hydrogen) atoms. The molecule has 2 fully saturated rings. The van der Waals surface area contributed by atoms with Gasteiger partial charge in [-0.1, -0.05) is 43.2 Å². The van der Waals surface area contributed by atoms with Crippen LogP contribution in [0.5, 0.6) is 0 Å². The fraction of sp³-hybridized carbons (Fsp3) is 0.700. The minimum atomic E-state index is 1.19. The lowest BCUT2D eigenvalue weighted by Gasteiger charge is -2.35. The first-order valence-corrected chi connectivity index (χ1v) is 9.61. The molecule has 3 rings (SSSR count). The van der Waals surface area contributed by atoms with Crippen LogP contribution in [-0.2, 0) is 6.42 Å². The molecule has 2 aliphatic heterocycles. The van der Waals surface area contributed by atoms with Crippen molar-refractivity contribution < 1.29 is 0 Å². The van der Waals surface area contributed by atoms with Crippen molar-refractivity contribution in [1.29, 1.82) is 0 Å². The van der Waals surface area contributed by atoms with Crippen LogP contribution in [0.2, 0.25) is 0 Å². The molecule has 0 spiro atoms. The van der Waals surface area contributed by atoms with Gasteiger partial charge >= 0.3 is 0 Å². The van der Waals surface area contributed by atoms with E-state index in [0.717, 1.165) is 0 Å². The van der Waals surface area contributed by atoms with E-state index in [4.69, 9.17) is 0 Å². The van der Waals surface area contributed by atoms with Gasteiger partial charge in [-0.15, -0.1) is 0 Å². The number of benzene rings is 1. The van der Waals surface area contributed by atoms with Gasteiger partial charge in [-0.3, -0.25) is 4.90 Å². The highest BCUT2D eigenvalue weighted by atomic mass is 15.3. The molecular formula is C20H33N3. The summed E-state index contributed by atoms with van der Waals surface area (Å²) >= 11 is 0. The van der Waals surface area contributed by atoms with E-state index >= 15 is 0 Å². The average Bonchev–Trinajstić information content (AvgIpc) is 2.89. The Morgan fingerprint density at radius 1 is 0.565 bits per heavy atom. The largest absolute Gasteiger partial charge is 0.302 e. The molecule has 0 unspecified atom stereocenters. The SMILES string of the molecule is c1ccc(CCN2CCN(CCN3CCCCCC3)CC2)cc1. The van der Waals surface area contributed by atoms with E-state index in [9.17, 15) is 0 Å². The zero-order chi connectivity index (χ0) is 15.7. The Hall–Kier alpha value is -0.900. The number of piperazine rings is 1. The average molecular weight is 316 g/mol. The van der Waals surface area contributed by atoms with Gasteiger partial charge in [-0.25, -0.2) is 0 Å². The minimum Gasteiger partial charge on any atom is -0.302 e. The second-order valence-electron chi connectivity index (χ2n) is 7.17. The molecule has 2 saturated heterocycles. The Morgan fingerprint density at radius 3 is 1.70 bits per heavy atom. The molecule has 0 aromatic heterocycles. The third-order valence-electron chi connectivity index (χ3n) is 5.46. The van der Waals surface area contributed by atoms with E-state index in [2.05, 4.69) is 45.0 Å². The Balaban J connectivity index is 1.30. The van der Waals surface area contributed by atoms with Gasteiger partial charge in [0.05, 0.1) is 0 Å². The van der Waals surface area contributed by atoms with Gasteiger partial charge in [0.1, 0.15) is 0 Å². The van der Waals surface area contributed by atoms with Crippen molar-refractivity contribution in [2.24, 2.45) is 0 Å². The fourth-order valence-corrected chi connectivity index (χ4v) is 3.81. The van der Waals surface area contributed by atoms with Crippen molar-refractivity contribution in [2.45, 2.75) is 32.1 Å². The molecule has 1 aromatic carbocycles. The normalized spacial score (nSPS) is 22.1. The van der Waals surface area contributed by atoms with Crippen LogP contribution in [0.25, 0.3) is 0 Å². The van der Waals surface area contributed by atoms with E-state index < -0.39 is 0 Å². The topological polar surface area (TPSA) is 9.72 Å². The quantitative estimate of drug-likeness (QED) is 0.799. The molecule has 3 nitrogen and oxygen atoms in total. The summed E-state index contributed by atoms with van der Waals surface area (Å²) in [5, 5.41) is 0. The lowest BCUT2D eigenvalue weighted by Crippen LogP contribution is -2.48. The number of nitrogens with zero attached hydrogens (tertiary/aromatic N) is 3. The fourth-order valence-electron chi connectivity index (χ4n) is 3.81. The Morgan fingerprint density at radius 2 is 1.09 bits per heavy atom. The standard InChI is InChI=1S/C20H33N3/c1-2-7-12-21(11-6-1)14-17-23-18-15-22(16-19-23)13-10-20-8-4-3-5-9-20/h3-5,8-9H,1-2,6-7,10-19H2. The molecule has 2 aliphatic rings. The van der Waals surface area contributed by atoms with Gasteiger partial charge in [-0.2, -0.15) is 0 Å². The predicted octanol–water partition coefficient (Wildman–Crippen LogP) is 2.72. The number of rotatable bonds is 6. The van der Waals surface area contributed by atoms with Crippen LogP contribution in [0.4, 0.5) is 0 Å². The Bertz CT molecular complexity index is 418. The number of hydrogen-bond donors (Lipinski definition) is 0. The maximum atomic E-state index is 2.69. The predicted molar refractivity (Wildman–Crippen MR) is 97.9 cm³/mol. The van der Waals surface area contributed by atoms with Gasteiger partial charge in [0, 0.05) is 45.8 Å². The van der Waals surface area contributed by atoms with Crippen LogP contribution in [0.3, 0.4) is 0 Å². The summed E-state index contributed by atoms with van der Waals surface area (Å²) < 4.78 is 0. The molecule has 1 aromatic rings. The maximum absolute atomic E-state index is 2.69. The highest BCUT2D eigenvalue weighted by Gasteiger charge is 2.17. The van der Waals surface area contributed by atoms with E-state index in [1.807, 2.05) is 0 Å². The van der Waals surface area contributed by atoms with E-state index in [1.54, 1.807) is 0 Å². The lowest BCUT2D eigenvalue weighted by molar-refractivity contribution is 0.120. The van der Waals surface area contributed by atoms with Crippen LogP contribution in [0.1, 0.15) is 31.2 Å². The first-order valence-electron chi connectivity index (χ1n) is 9.61. The van der Waals surface area contributed by atoms with Gasteiger partial charge in [0.15, 0.2) is 0 Å². The third kappa shape index (κ3) is 5.91. The van der Waals surface area contributed by atoms with Crippen molar-refractivity contribution in [3.8, 4) is 0 Å². The van der Waals surface area contributed by atoms with Crippen LogP contribution in [0.15, 0.2) is 30.3 Å². The molecule has 0 aliphatic carbocycles. The summed E-state index contributed by atoms with van der Waals surface area (Å²) in [7, 11) is 0. The van der Waals surface area contributed by atoms with Crippen LogP contribution in [-0.4, -0.2) is 73.6 Å². The molecule has 0 saturated carbocycles. The summed E-state index contributed by atoms with van der Waals surface area (Å²) in [6, 6.07) is 10.9. The highest BCUT2D eigenvalue weighted by Crippen LogP contribution is 2.10. The zero-order valence-electron chi connectivity index (χ0n) is 14.6. The van der Waals surface area contributed by atoms with Gasteiger partial charge in [0.2, 0.25) is 0 Å². The molecule has 0 N–H and O–H groups in total. The molecule has 0 amide bonds. The molecule has 0 radical (unpaired) electrons. The second-order valence-corrected chi connectivity index (χ2v) is 7.17. The van der Waals surface area contributed by atoms with Gasteiger partial charge in [0.25, 0.3) is 0 Å². The minimum absolute atomic E-state index is 1.19.